The van der Waals surface area contributed by atoms with Gasteiger partial charge in [-0.2, -0.15) is 0 Å². The lowest BCUT2D eigenvalue weighted by atomic mass is 10.1. The number of aryl methyl sites for hydroxylation is 2. The Bertz CT molecular complexity index is 1470. The summed E-state index contributed by atoms with van der Waals surface area (Å²) in [6.45, 7) is 7.86. The van der Waals surface area contributed by atoms with Crippen LogP contribution in [0.4, 0.5) is 14.9 Å². The Morgan fingerprint density at radius 3 is 2.05 bits per heavy atom. The summed E-state index contributed by atoms with van der Waals surface area (Å²) in [5, 5.41) is 2.96. The fourth-order valence-corrected chi connectivity index (χ4v) is 4.99. The van der Waals surface area contributed by atoms with Crippen LogP contribution in [0.1, 0.15) is 34.1 Å². The normalized spacial score (nSPS) is 13.4. The van der Waals surface area contributed by atoms with Crippen LogP contribution in [0.25, 0.3) is 16.9 Å². The van der Waals surface area contributed by atoms with Crippen LogP contribution in [0.2, 0.25) is 0 Å². The van der Waals surface area contributed by atoms with Crippen LogP contribution in [-0.4, -0.2) is 52.5 Å². The Morgan fingerprint density at radius 2 is 1.44 bits per heavy atom. The molecule has 5 rings (SSSR count). The monoisotopic (exact) mass is 524 g/mol. The number of hydrogen-bond acceptors (Lipinski definition) is 2. The molecule has 0 saturated carbocycles. The zero-order chi connectivity index (χ0) is 27.5. The minimum atomic E-state index is -0.305. The zero-order valence-corrected chi connectivity index (χ0v) is 22.6. The van der Waals surface area contributed by atoms with Crippen LogP contribution in [-0.2, 0) is 6.42 Å². The molecule has 39 heavy (non-hydrogen) atoms. The van der Waals surface area contributed by atoms with Crippen molar-refractivity contribution in [2.24, 2.45) is 0 Å². The third kappa shape index (κ3) is 5.58. The van der Waals surface area contributed by atoms with Gasteiger partial charge in [0.25, 0.3) is 5.91 Å². The van der Waals surface area contributed by atoms with E-state index in [9.17, 15) is 14.0 Å². The molecule has 2 heterocycles. The molecule has 1 fully saturated rings. The molecule has 0 spiro atoms. The second-order valence-electron chi connectivity index (χ2n) is 9.97. The van der Waals surface area contributed by atoms with E-state index in [0.717, 1.165) is 40.3 Å². The molecule has 1 aliphatic rings. The van der Waals surface area contributed by atoms with Gasteiger partial charge >= 0.3 is 6.03 Å². The highest BCUT2D eigenvalue weighted by Crippen LogP contribution is 2.31. The number of nitrogens with zero attached hydrogens (tertiary/aromatic N) is 3. The molecule has 4 aromatic rings. The highest BCUT2D eigenvalue weighted by atomic mass is 19.1. The molecule has 0 unspecified atom stereocenters. The lowest BCUT2D eigenvalue weighted by Crippen LogP contribution is -2.51. The number of rotatable bonds is 5. The maximum Gasteiger partial charge on any atom is 0.321 e. The van der Waals surface area contributed by atoms with E-state index in [0.29, 0.717) is 31.7 Å². The second-order valence-corrected chi connectivity index (χ2v) is 9.97. The van der Waals surface area contributed by atoms with Crippen molar-refractivity contribution in [3.05, 3.63) is 107 Å². The van der Waals surface area contributed by atoms with Gasteiger partial charge in [-0.15, -0.1) is 0 Å². The standard InChI is InChI=1S/C32H33FN4O2/c1-4-24-7-13-27(14-8-24)34-32(39)36-19-17-35(18-20-36)31(38)29-21-30(25-9-11-26(33)12-10-25)37(23(29)3)28-15-5-22(2)6-16-28/h5-16,21H,4,17-20H2,1-3H3,(H,34,39). The molecule has 200 valence electrons. The van der Waals surface area contributed by atoms with Crippen molar-refractivity contribution >= 4 is 17.6 Å². The van der Waals surface area contributed by atoms with Gasteiger partial charge in [0.1, 0.15) is 5.82 Å². The highest BCUT2D eigenvalue weighted by molar-refractivity contribution is 5.97. The number of piperazine rings is 1. The van der Waals surface area contributed by atoms with E-state index in [4.69, 9.17) is 0 Å². The van der Waals surface area contributed by atoms with E-state index in [1.807, 2.05) is 73.0 Å². The molecule has 0 radical (unpaired) electrons. The summed E-state index contributed by atoms with van der Waals surface area (Å²) in [6, 6.07) is 24.0. The maximum atomic E-state index is 13.7. The molecule has 0 atom stereocenters. The molecular weight excluding hydrogens is 491 g/mol. The number of carbonyl (C=O) groups is 2. The Morgan fingerprint density at radius 1 is 0.821 bits per heavy atom. The van der Waals surface area contributed by atoms with Crippen molar-refractivity contribution in [2.75, 3.05) is 31.5 Å². The largest absolute Gasteiger partial charge is 0.335 e. The topological polar surface area (TPSA) is 57.6 Å². The fourth-order valence-electron chi connectivity index (χ4n) is 4.99. The predicted octanol–water partition coefficient (Wildman–Crippen LogP) is 6.45. The van der Waals surface area contributed by atoms with Crippen molar-refractivity contribution < 1.29 is 14.0 Å². The molecular formula is C32H33FN4O2. The summed E-state index contributed by atoms with van der Waals surface area (Å²) in [4.78, 5) is 30.1. The van der Waals surface area contributed by atoms with E-state index in [1.165, 1.54) is 17.7 Å². The summed E-state index contributed by atoms with van der Waals surface area (Å²) in [7, 11) is 0. The van der Waals surface area contributed by atoms with Gasteiger partial charge in [0.05, 0.1) is 11.3 Å². The number of hydrogen-bond donors (Lipinski definition) is 1. The first-order valence-corrected chi connectivity index (χ1v) is 13.3. The van der Waals surface area contributed by atoms with Gasteiger partial charge < -0.3 is 19.7 Å². The number of carbonyl (C=O) groups excluding carboxylic acids is 2. The second kappa shape index (κ2) is 11.2. The predicted molar refractivity (Wildman–Crippen MR) is 153 cm³/mol. The highest BCUT2D eigenvalue weighted by Gasteiger charge is 2.28. The molecule has 1 N–H and O–H groups in total. The quantitative estimate of drug-likeness (QED) is 0.326. The number of nitrogens with one attached hydrogen (secondary N) is 1. The summed E-state index contributed by atoms with van der Waals surface area (Å²) in [5.74, 6) is -0.378. The summed E-state index contributed by atoms with van der Waals surface area (Å²) < 4.78 is 15.7. The third-order valence-electron chi connectivity index (χ3n) is 7.38. The first-order valence-electron chi connectivity index (χ1n) is 13.3. The van der Waals surface area contributed by atoms with Gasteiger partial charge in [0.2, 0.25) is 0 Å². The Labute approximate surface area is 228 Å². The third-order valence-corrected chi connectivity index (χ3v) is 7.38. The van der Waals surface area contributed by atoms with Crippen LogP contribution in [0.5, 0.6) is 0 Å². The lowest BCUT2D eigenvalue weighted by molar-refractivity contribution is 0.0671. The van der Waals surface area contributed by atoms with Gasteiger partial charge in [-0.1, -0.05) is 36.8 Å². The Hall–Kier alpha value is -4.39. The Balaban J connectivity index is 1.34. The van der Waals surface area contributed by atoms with Gasteiger partial charge in [-0.3, -0.25) is 4.79 Å². The van der Waals surface area contributed by atoms with E-state index in [2.05, 4.69) is 12.2 Å². The Kier molecular flexibility index (Phi) is 7.50. The molecule has 1 saturated heterocycles. The number of urea groups is 1. The fraction of sp³-hybridized carbons (Fsp3) is 0.250. The van der Waals surface area contributed by atoms with Gasteiger partial charge in [-0.25, -0.2) is 9.18 Å². The first-order chi connectivity index (χ1) is 18.8. The molecule has 0 bridgehead atoms. The van der Waals surface area contributed by atoms with Crippen molar-refractivity contribution in [2.45, 2.75) is 27.2 Å². The number of amides is 3. The van der Waals surface area contributed by atoms with Crippen LogP contribution in [0.15, 0.2) is 78.9 Å². The number of anilines is 1. The van der Waals surface area contributed by atoms with Gasteiger partial charge in [-0.05, 0) is 86.0 Å². The van der Waals surface area contributed by atoms with Gasteiger partial charge in [0, 0.05) is 43.2 Å². The molecule has 1 aromatic heterocycles. The number of halogens is 1. The number of aromatic nitrogens is 1. The van der Waals surface area contributed by atoms with E-state index >= 15 is 0 Å². The molecule has 1 aliphatic heterocycles. The minimum absolute atomic E-state index is 0.0723. The lowest BCUT2D eigenvalue weighted by Gasteiger charge is -2.34. The molecule has 6 nitrogen and oxygen atoms in total. The molecule has 0 aliphatic carbocycles. The van der Waals surface area contributed by atoms with Crippen molar-refractivity contribution in [3.8, 4) is 16.9 Å². The molecule has 3 amide bonds. The van der Waals surface area contributed by atoms with Crippen molar-refractivity contribution in [3.63, 3.8) is 0 Å². The van der Waals surface area contributed by atoms with E-state index in [1.54, 1.807) is 21.9 Å². The van der Waals surface area contributed by atoms with Crippen LogP contribution < -0.4 is 5.32 Å². The zero-order valence-electron chi connectivity index (χ0n) is 22.6. The van der Waals surface area contributed by atoms with Gasteiger partial charge in [0.15, 0.2) is 0 Å². The van der Waals surface area contributed by atoms with Crippen LogP contribution in [0, 0.1) is 19.7 Å². The first kappa shape index (κ1) is 26.2. The maximum absolute atomic E-state index is 13.7. The summed E-state index contributed by atoms with van der Waals surface area (Å²) in [5.41, 5.74) is 7.13. The van der Waals surface area contributed by atoms with E-state index in [-0.39, 0.29) is 17.8 Å². The van der Waals surface area contributed by atoms with E-state index < -0.39 is 0 Å². The summed E-state index contributed by atoms with van der Waals surface area (Å²) in [6.07, 6.45) is 0.948. The summed E-state index contributed by atoms with van der Waals surface area (Å²) >= 11 is 0. The average molecular weight is 525 g/mol. The smallest absolute Gasteiger partial charge is 0.321 e. The van der Waals surface area contributed by atoms with Crippen LogP contribution >= 0.6 is 0 Å². The van der Waals surface area contributed by atoms with Crippen molar-refractivity contribution in [1.29, 1.82) is 0 Å². The molecule has 7 heteroatoms. The van der Waals surface area contributed by atoms with Crippen LogP contribution in [0.3, 0.4) is 0 Å². The minimum Gasteiger partial charge on any atom is -0.335 e. The molecule has 3 aromatic carbocycles. The SMILES string of the molecule is CCc1ccc(NC(=O)N2CCN(C(=O)c3cc(-c4ccc(F)cc4)n(-c4ccc(C)cc4)c3C)CC2)cc1. The average Bonchev–Trinajstić information content (AvgIpc) is 3.30. The number of benzene rings is 3. The van der Waals surface area contributed by atoms with Crippen molar-refractivity contribution in [1.82, 2.24) is 14.4 Å².